The van der Waals surface area contributed by atoms with Gasteiger partial charge in [-0.3, -0.25) is 0 Å². The van der Waals surface area contributed by atoms with E-state index in [9.17, 15) is 0 Å². The van der Waals surface area contributed by atoms with Crippen LogP contribution < -0.4 is 14.8 Å². The first-order chi connectivity index (χ1) is 13.1. The van der Waals surface area contributed by atoms with Crippen molar-refractivity contribution in [1.29, 1.82) is 0 Å². The number of nitrogens with one attached hydrogen (secondary N) is 1. The maximum Gasteiger partial charge on any atom is 0.242 e. The molecule has 3 aromatic rings. The van der Waals surface area contributed by atoms with Gasteiger partial charge in [0.1, 0.15) is 6.61 Å². The lowest BCUT2D eigenvalue weighted by Gasteiger charge is -2.15. The van der Waals surface area contributed by atoms with Gasteiger partial charge in [-0.2, -0.15) is 0 Å². The van der Waals surface area contributed by atoms with E-state index in [4.69, 9.17) is 32.7 Å². The van der Waals surface area contributed by atoms with Crippen LogP contribution in [0.5, 0.6) is 11.5 Å². The molecule has 9 heteroatoms. The van der Waals surface area contributed by atoms with Gasteiger partial charge >= 0.3 is 0 Å². The van der Waals surface area contributed by atoms with E-state index < -0.39 is 0 Å². The summed E-state index contributed by atoms with van der Waals surface area (Å²) in [7, 11) is 1.76. The number of ether oxygens (including phenoxy) is 2. The lowest BCUT2D eigenvalue weighted by molar-refractivity contribution is 0.269. The number of hydrogen-bond donors (Lipinski definition) is 1. The van der Waals surface area contributed by atoms with Crippen molar-refractivity contribution in [2.45, 2.75) is 20.1 Å². The van der Waals surface area contributed by atoms with Crippen molar-refractivity contribution < 1.29 is 9.47 Å². The molecule has 142 valence electrons. The van der Waals surface area contributed by atoms with E-state index in [1.807, 2.05) is 43.3 Å². The van der Waals surface area contributed by atoms with E-state index >= 15 is 0 Å². The maximum atomic E-state index is 6.45. The Bertz CT molecular complexity index is 899. The third kappa shape index (κ3) is 5.02. The molecule has 1 N–H and O–H groups in total. The van der Waals surface area contributed by atoms with E-state index in [0.717, 1.165) is 11.1 Å². The minimum absolute atomic E-state index is 0.360. The van der Waals surface area contributed by atoms with Gasteiger partial charge in [-0.05, 0) is 52.7 Å². The van der Waals surface area contributed by atoms with Crippen molar-refractivity contribution in [2.24, 2.45) is 7.05 Å². The maximum absolute atomic E-state index is 6.45. The Morgan fingerprint density at radius 2 is 1.85 bits per heavy atom. The fourth-order valence-corrected chi connectivity index (χ4v) is 2.84. The first kappa shape index (κ1) is 19.3. The molecule has 2 aromatic carbocycles. The van der Waals surface area contributed by atoms with Crippen LogP contribution >= 0.6 is 23.2 Å². The quantitative estimate of drug-likeness (QED) is 0.605. The molecule has 0 bridgehead atoms. The van der Waals surface area contributed by atoms with Crippen LogP contribution in [-0.2, 0) is 20.2 Å². The molecule has 0 aliphatic heterocycles. The summed E-state index contributed by atoms with van der Waals surface area (Å²) in [5.74, 6) is 1.66. The highest BCUT2D eigenvalue weighted by Gasteiger charge is 2.14. The van der Waals surface area contributed by atoms with E-state index in [2.05, 4.69) is 20.8 Å². The molecule has 0 atom stereocenters. The highest BCUT2D eigenvalue weighted by Crippen LogP contribution is 2.37. The number of anilines is 1. The van der Waals surface area contributed by atoms with Gasteiger partial charge in [0.25, 0.3) is 0 Å². The van der Waals surface area contributed by atoms with Gasteiger partial charge in [0.2, 0.25) is 5.95 Å². The van der Waals surface area contributed by atoms with Crippen molar-refractivity contribution in [1.82, 2.24) is 20.2 Å². The molecule has 0 fully saturated rings. The number of aryl methyl sites for hydroxylation is 1. The van der Waals surface area contributed by atoms with Gasteiger partial charge < -0.3 is 14.8 Å². The summed E-state index contributed by atoms with van der Waals surface area (Å²) in [6.45, 7) is 3.26. The Hall–Kier alpha value is -2.51. The number of aromatic nitrogens is 4. The molecule has 7 nitrogen and oxygen atoms in total. The first-order valence-electron chi connectivity index (χ1n) is 8.35. The van der Waals surface area contributed by atoms with Crippen molar-refractivity contribution in [3.8, 4) is 11.5 Å². The Kier molecular flexibility index (Phi) is 6.36. The fourth-order valence-electron chi connectivity index (χ4n) is 2.42. The second kappa shape index (κ2) is 8.92. The molecule has 0 saturated heterocycles. The summed E-state index contributed by atoms with van der Waals surface area (Å²) in [6, 6.07) is 11.2. The number of rotatable bonds is 8. The van der Waals surface area contributed by atoms with Crippen LogP contribution in [0.2, 0.25) is 10.0 Å². The van der Waals surface area contributed by atoms with Crippen LogP contribution in [0.3, 0.4) is 0 Å². The predicted molar refractivity (Wildman–Crippen MR) is 105 cm³/mol. The summed E-state index contributed by atoms with van der Waals surface area (Å²) in [5.41, 5.74) is 1.91. The summed E-state index contributed by atoms with van der Waals surface area (Å²) in [4.78, 5) is 0. The molecule has 0 aliphatic carbocycles. The SMILES string of the molecule is CCOc1cc(CNc2nnnn2C)cc(Cl)c1OCc1ccc(Cl)cc1. The molecular weight excluding hydrogens is 389 g/mol. The van der Waals surface area contributed by atoms with Crippen molar-refractivity contribution >= 4 is 29.2 Å². The Morgan fingerprint density at radius 1 is 1.07 bits per heavy atom. The highest BCUT2D eigenvalue weighted by atomic mass is 35.5. The van der Waals surface area contributed by atoms with Crippen LogP contribution in [0.4, 0.5) is 5.95 Å². The number of halogens is 2. The number of tetrazole rings is 1. The third-order valence-corrected chi connectivity index (χ3v) is 4.27. The molecule has 0 saturated carbocycles. The smallest absolute Gasteiger partial charge is 0.242 e. The minimum Gasteiger partial charge on any atom is -0.490 e. The lowest BCUT2D eigenvalue weighted by Crippen LogP contribution is -2.07. The van der Waals surface area contributed by atoms with E-state index in [-0.39, 0.29) is 0 Å². The standard InChI is InChI=1S/C18H19Cl2N5O2/c1-3-26-16-9-13(10-21-18-22-23-24-25(18)2)8-15(20)17(16)27-11-12-4-6-14(19)7-5-12/h4-9H,3,10-11H2,1-2H3,(H,21,22,24). The second-order valence-corrected chi connectivity index (χ2v) is 6.58. The summed E-state index contributed by atoms with van der Waals surface area (Å²) < 4.78 is 13.2. The molecule has 0 amide bonds. The van der Waals surface area contributed by atoms with Crippen LogP contribution in [0.25, 0.3) is 0 Å². The summed E-state index contributed by atoms with van der Waals surface area (Å²) >= 11 is 12.4. The molecule has 0 unspecified atom stereocenters. The lowest BCUT2D eigenvalue weighted by atomic mass is 10.2. The van der Waals surface area contributed by atoms with Crippen molar-refractivity contribution in [3.05, 3.63) is 57.6 Å². The third-order valence-electron chi connectivity index (χ3n) is 3.74. The Labute approximate surface area is 167 Å². The molecule has 0 spiro atoms. The molecule has 27 heavy (non-hydrogen) atoms. The zero-order chi connectivity index (χ0) is 19.2. The molecule has 3 rings (SSSR count). The van der Waals surface area contributed by atoms with E-state index in [1.165, 1.54) is 0 Å². The molecule has 0 aliphatic rings. The number of benzene rings is 2. The average Bonchev–Trinajstić information content (AvgIpc) is 3.06. The summed E-state index contributed by atoms with van der Waals surface area (Å²) in [6.07, 6.45) is 0. The van der Waals surface area contributed by atoms with Crippen LogP contribution in [-0.4, -0.2) is 26.8 Å². The first-order valence-corrected chi connectivity index (χ1v) is 9.11. The van der Waals surface area contributed by atoms with Gasteiger partial charge in [-0.1, -0.05) is 40.4 Å². The minimum atomic E-state index is 0.360. The topological polar surface area (TPSA) is 74.1 Å². The summed E-state index contributed by atoms with van der Waals surface area (Å²) in [5, 5.41) is 15.6. The highest BCUT2D eigenvalue weighted by molar-refractivity contribution is 6.32. The largest absolute Gasteiger partial charge is 0.490 e. The van der Waals surface area contributed by atoms with Crippen molar-refractivity contribution in [3.63, 3.8) is 0 Å². The van der Waals surface area contributed by atoms with Gasteiger partial charge in [-0.15, -0.1) is 0 Å². The monoisotopic (exact) mass is 407 g/mol. The molecule has 1 heterocycles. The van der Waals surface area contributed by atoms with E-state index in [1.54, 1.807) is 11.7 Å². The average molecular weight is 408 g/mol. The van der Waals surface area contributed by atoms with Gasteiger partial charge in [0, 0.05) is 18.6 Å². The number of nitrogens with zero attached hydrogens (tertiary/aromatic N) is 4. The zero-order valence-electron chi connectivity index (χ0n) is 14.9. The number of hydrogen-bond acceptors (Lipinski definition) is 6. The molecule has 1 aromatic heterocycles. The van der Waals surface area contributed by atoms with Crippen molar-refractivity contribution in [2.75, 3.05) is 11.9 Å². The Morgan fingerprint density at radius 3 is 2.52 bits per heavy atom. The normalized spacial score (nSPS) is 10.7. The van der Waals surface area contributed by atoms with Crippen LogP contribution in [0.15, 0.2) is 36.4 Å². The Balaban J connectivity index is 1.74. The predicted octanol–water partition coefficient (Wildman–Crippen LogP) is 4.11. The van der Waals surface area contributed by atoms with Gasteiger partial charge in [-0.25, -0.2) is 4.68 Å². The van der Waals surface area contributed by atoms with Crippen LogP contribution in [0.1, 0.15) is 18.1 Å². The van der Waals surface area contributed by atoms with Gasteiger partial charge in [0.05, 0.1) is 11.6 Å². The van der Waals surface area contributed by atoms with Crippen LogP contribution in [0, 0.1) is 0 Å². The molecule has 0 radical (unpaired) electrons. The van der Waals surface area contributed by atoms with E-state index in [0.29, 0.717) is 47.3 Å². The second-order valence-electron chi connectivity index (χ2n) is 5.73. The van der Waals surface area contributed by atoms with Gasteiger partial charge in [0.15, 0.2) is 11.5 Å². The fraction of sp³-hybridized carbons (Fsp3) is 0.278. The zero-order valence-corrected chi connectivity index (χ0v) is 16.5. The molecular formula is C18H19Cl2N5O2.